The van der Waals surface area contributed by atoms with E-state index in [1.165, 1.54) is 22.0 Å². The number of rotatable bonds is 5. The van der Waals surface area contributed by atoms with Gasteiger partial charge in [0.2, 0.25) is 10.0 Å². The van der Waals surface area contributed by atoms with E-state index >= 15 is 0 Å². The van der Waals surface area contributed by atoms with Gasteiger partial charge in [-0.15, -0.1) is 0 Å². The molecule has 0 saturated carbocycles. The number of nitrogens with zero attached hydrogens (tertiary/aromatic N) is 2. The minimum atomic E-state index is -3.66. The fourth-order valence-electron chi connectivity index (χ4n) is 2.96. The molecule has 2 aromatic rings. The SMILES string of the molecule is CC(=NNC(=O)c1cccc(S(=O)(=O)N2CCOCC2)c1)c1ccc(C)c(C)c1. The maximum Gasteiger partial charge on any atom is 0.271 e. The zero-order valence-corrected chi connectivity index (χ0v) is 17.6. The van der Waals surface area contributed by atoms with Crippen LogP contribution < -0.4 is 5.43 Å². The second-order valence-electron chi connectivity index (χ2n) is 6.98. The summed E-state index contributed by atoms with van der Waals surface area (Å²) in [6.45, 7) is 7.20. The van der Waals surface area contributed by atoms with Gasteiger partial charge in [0.25, 0.3) is 5.91 Å². The van der Waals surface area contributed by atoms with Crippen LogP contribution >= 0.6 is 0 Å². The Balaban J connectivity index is 1.76. The zero-order valence-electron chi connectivity index (χ0n) is 16.8. The number of benzene rings is 2. The molecular weight excluding hydrogens is 390 g/mol. The first-order valence-corrected chi connectivity index (χ1v) is 10.8. The summed E-state index contributed by atoms with van der Waals surface area (Å²) in [5.41, 5.74) is 6.65. The molecule has 0 atom stereocenters. The average Bonchev–Trinajstić information content (AvgIpc) is 2.74. The fourth-order valence-corrected chi connectivity index (χ4v) is 4.42. The van der Waals surface area contributed by atoms with Gasteiger partial charge in [-0.1, -0.05) is 18.2 Å². The highest BCUT2D eigenvalue weighted by Crippen LogP contribution is 2.18. The molecular formula is C21H25N3O4S. The minimum absolute atomic E-state index is 0.0851. The topological polar surface area (TPSA) is 88.1 Å². The van der Waals surface area contributed by atoms with Crippen molar-refractivity contribution in [3.05, 3.63) is 64.7 Å². The maximum absolute atomic E-state index is 12.8. The van der Waals surface area contributed by atoms with Crippen molar-refractivity contribution in [2.75, 3.05) is 26.3 Å². The van der Waals surface area contributed by atoms with Gasteiger partial charge in [0.1, 0.15) is 0 Å². The lowest BCUT2D eigenvalue weighted by Crippen LogP contribution is -2.40. The van der Waals surface area contributed by atoms with Crippen LogP contribution in [-0.4, -0.2) is 50.6 Å². The van der Waals surface area contributed by atoms with E-state index in [0.717, 1.165) is 11.1 Å². The summed E-state index contributed by atoms with van der Waals surface area (Å²) in [6.07, 6.45) is 0. The summed E-state index contributed by atoms with van der Waals surface area (Å²) in [5, 5.41) is 4.16. The van der Waals surface area contributed by atoms with Crippen molar-refractivity contribution >= 4 is 21.6 Å². The summed E-state index contributed by atoms with van der Waals surface area (Å²) in [4.78, 5) is 12.6. The maximum atomic E-state index is 12.8. The van der Waals surface area contributed by atoms with Crippen LogP contribution in [0.3, 0.4) is 0 Å². The molecule has 1 amide bonds. The standard InChI is InChI=1S/C21H25N3O4S/c1-15-7-8-18(13-16(15)2)17(3)22-23-21(25)19-5-4-6-20(14-19)29(26,27)24-9-11-28-12-10-24/h4-8,13-14H,9-12H2,1-3H3,(H,23,25). The molecule has 3 rings (SSSR count). The lowest BCUT2D eigenvalue weighted by Gasteiger charge is -2.26. The van der Waals surface area contributed by atoms with Crippen LogP contribution in [0.25, 0.3) is 0 Å². The summed E-state index contributed by atoms with van der Waals surface area (Å²) < 4.78 is 32.2. The lowest BCUT2D eigenvalue weighted by molar-refractivity contribution is 0.0730. The number of hydrogen-bond acceptors (Lipinski definition) is 5. The first-order chi connectivity index (χ1) is 13.8. The molecule has 1 saturated heterocycles. The summed E-state index contributed by atoms with van der Waals surface area (Å²) in [6, 6.07) is 12.0. The van der Waals surface area contributed by atoms with Crippen LogP contribution in [0, 0.1) is 13.8 Å². The van der Waals surface area contributed by atoms with Gasteiger partial charge in [-0.3, -0.25) is 4.79 Å². The number of sulfonamides is 1. The van der Waals surface area contributed by atoms with Crippen LogP contribution in [0.15, 0.2) is 52.5 Å². The van der Waals surface area contributed by atoms with E-state index in [0.29, 0.717) is 32.0 Å². The molecule has 0 aromatic heterocycles. The highest BCUT2D eigenvalue weighted by Gasteiger charge is 2.26. The minimum Gasteiger partial charge on any atom is -0.379 e. The van der Waals surface area contributed by atoms with E-state index in [9.17, 15) is 13.2 Å². The first kappa shape index (κ1) is 21.2. The number of hydrogen-bond donors (Lipinski definition) is 1. The average molecular weight is 416 g/mol. The molecule has 1 fully saturated rings. The number of aryl methyl sites for hydroxylation is 2. The largest absolute Gasteiger partial charge is 0.379 e. The van der Waals surface area contributed by atoms with Gasteiger partial charge in [-0.25, -0.2) is 13.8 Å². The van der Waals surface area contributed by atoms with Gasteiger partial charge in [0.05, 0.1) is 23.8 Å². The molecule has 1 N–H and O–H groups in total. The third kappa shape index (κ3) is 4.90. The second-order valence-corrected chi connectivity index (χ2v) is 8.92. The Kier molecular flexibility index (Phi) is 6.46. The molecule has 0 unspecified atom stereocenters. The molecule has 0 radical (unpaired) electrons. The van der Waals surface area contributed by atoms with Crippen molar-refractivity contribution < 1.29 is 17.9 Å². The monoisotopic (exact) mass is 415 g/mol. The van der Waals surface area contributed by atoms with Crippen molar-refractivity contribution in [3.8, 4) is 0 Å². The molecule has 0 spiro atoms. The normalized spacial score (nSPS) is 15.9. The van der Waals surface area contributed by atoms with Gasteiger partial charge >= 0.3 is 0 Å². The summed E-state index contributed by atoms with van der Waals surface area (Å²) >= 11 is 0. The third-order valence-electron chi connectivity index (χ3n) is 4.95. The lowest BCUT2D eigenvalue weighted by atomic mass is 10.0. The fraction of sp³-hybridized carbons (Fsp3) is 0.333. The Morgan fingerprint density at radius 1 is 1.03 bits per heavy atom. The molecule has 29 heavy (non-hydrogen) atoms. The van der Waals surface area contributed by atoms with Crippen LogP contribution in [-0.2, 0) is 14.8 Å². The summed E-state index contributed by atoms with van der Waals surface area (Å²) in [5.74, 6) is -0.466. The molecule has 1 heterocycles. The smallest absolute Gasteiger partial charge is 0.271 e. The predicted molar refractivity (Wildman–Crippen MR) is 112 cm³/mol. The van der Waals surface area contributed by atoms with Gasteiger partial charge in [0, 0.05) is 18.7 Å². The van der Waals surface area contributed by atoms with Crippen LogP contribution in [0.2, 0.25) is 0 Å². The Morgan fingerprint density at radius 3 is 2.45 bits per heavy atom. The van der Waals surface area contributed by atoms with Crippen molar-refractivity contribution in [3.63, 3.8) is 0 Å². The number of nitrogens with one attached hydrogen (secondary N) is 1. The van der Waals surface area contributed by atoms with Crippen molar-refractivity contribution in [2.45, 2.75) is 25.7 Å². The van der Waals surface area contributed by atoms with Crippen LogP contribution in [0.5, 0.6) is 0 Å². The number of amides is 1. The Morgan fingerprint density at radius 2 is 1.76 bits per heavy atom. The molecule has 1 aliphatic rings. The number of carbonyl (C=O) groups excluding carboxylic acids is 1. The van der Waals surface area contributed by atoms with Gasteiger partial charge in [0.15, 0.2) is 0 Å². The van der Waals surface area contributed by atoms with E-state index in [1.807, 2.05) is 39.0 Å². The van der Waals surface area contributed by atoms with E-state index in [-0.39, 0.29) is 10.5 Å². The molecule has 7 nitrogen and oxygen atoms in total. The highest BCUT2D eigenvalue weighted by atomic mass is 32.2. The Bertz CT molecular complexity index is 1040. The molecule has 0 aliphatic carbocycles. The molecule has 2 aromatic carbocycles. The molecule has 0 bridgehead atoms. The van der Waals surface area contributed by atoms with Gasteiger partial charge in [-0.05, 0) is 61.7 Å². The molecule has 154 valence electrons. The number of carbonyl (C=O) groups is 1. The van der Waals surface area contributed by atoms with E-state index in [1.54, 1.807) is 12.1 Å². The molecule has 8 heteroatoms. The van der Waals surface area contributed by atoms with Crippen molar-refractivity contribution in [2.24, 2.45) is 5.10 Å². The van der Waals surface area contributed by atoms with Crippen LogP contribution in [0.1, 0.15) is 34.0 Å². The van der Waals surface area contributed by atoms with Crippen LogP contribution in [0.4, 0.5) is 0 Å². The van der Waals surface area contributed by atoms with Gasteiger partial charge in [-0.2, -0.15) is 9.41 Å². The molecule has 1 aliphatic heterocycles. The van der Waals surface area contributed by atoms with E-state index in [2.05, 4.69) is 10.5 Å². The number of morpholine rings is 1. The van der Waals surface area contributed by atoms with E-state index in [4.69, 9.17) is 4.74 Å². The summed E-state index contributed by atoms with van der Waals surface area (Å²) in [7, 11) is -3.66. The third-order valence-corrected chi connectivity index (χ3v) is 6.85. The Hall–Kier alpha value is -2.55. The number of hydrazone groups is 1. The predicted octanol–water partition coefficient (Wildman–Crippen LogP) is 2.48. The quantitative estimate of drug-likeness (QED) is 0.600. The Labute approximate surface area is 171 Å². The first-order valence-electron chi connectivity index (χ1n) is 9.39. The zero-order chi connectivity index (χ0) is 21.0. The van der Waals surface area contributed by atoms with Gasteiger partial charge < -0.3 is 4.74 Å². The van der Waals surface area contributed by atoms with Crippen molar-refractivity contribution in [1.82, 2.24) is 9.73 Å². The highest BCUT2D eigenvalue weighted by molar-refractivity contribution is 7.89. The second kappa shape index (κ2) is 8.86. The number of ether oxygens (including phenoxy) is 1. The van der Waals surface area contributed by atoms with E-state index < -0.39 is 15.9 Å². The van der Waals surface area contributed by atoms with Crippen molar-refractivity contribution in [1.29, 1.82) is 0 Å².